The Morgan fingerprint density at radius 2 is 1.89 bits per heavy atom. The maximum absolute atomic E-state index is 11.7. The Hall–Kier alpha value is -2.23. The van der Waals surface area contributed by atoms with Crippen LogP contribution in [0.1, 0.15) is 39.9 Å². The van der Waals surface area contributed by atoms with Gasteiger partial charge in [0.2, 0.25) is 0 Å². The summed E-state index contributed by atoms with van der Waals surface area (Å²) in [4.78, 5) is 15.9. The lowest BCUT2D eigenvalue weighted by atomic mass is 10.1. The summed E-state index contributed by atoms with van der Waals surface area (Å²) in [5, 5.41) is 6.42. The molecule has 0 radical (unpaired) electrons. The van der Waals surface area contributed by atoms with Crippen LogP contribution < -0.4 is 15.4 Å². The lowest BCUT2D eigenvalue weighted by Crippen LogP contribution is -2.36. The Morgan fingerprint density at radius 1 is 1.18 bits per heavy atom. The number of furan rings is 1. The van der Waals surface area contributed by atoms with E-state index in [2.05, 4.69) is 21.7 Å². The second kappa shape index (κ2) is 11.6. The van der Waals surface area contributed by atoms with Crippen molar-refractivity contribution in [1.29, 1.82) is 0 Å². The molecule has 28 heavy (non-hydrogen) atoms. The molecular formula is C20H28IN3O4. The maximum Gasteiger partial charge on any atom is 0.341 e. The van der Waals surface area contributed by atoms with Gasteiger partial charge in [-0.05, 0) is 38.5 Å². The highest BCUT2D eigenvalue weighted by atomic mass is 127. The number of guanidine groups is 1. The minimum absolute atomic E-state index is 0. The highest BCUT2D eigenvalue weighted by Gasteiger charge is 2.15. The van der Waals surface area contributed by atoms with Crippen molar-refractivity contribution in [3.05, 3.63) is 52.5 Å². The van der Waals surface area contributed by atoms with Gasteiger partial charge < -0.3 is 24.5 Å². The van der Waals surface area contributed by atoms with Crippen LogP contribution in [0.3, 0.4) is 0 Å². The van der Waals surface area contributed by atoms with E-state index in [1.54, 1.807) is 20.0 Å². The van der Waals surface area contributed by atoms with Crippen molar-refractivity contribution in [2.24, 2.45) is 4.99 Å². The number of carbonyl (C=O) groups is 1. The molecule has 0 aliphatic heterocycles. The largest absolute Gasteiger partial charge is 0.494 e. The number of hydrogen-bond donors (Lipinski definition) is 2. The summed E-state index contributed by atoms with van der Waals surface area (Å²) >= 11 is 0. The maximum atomic E-state index is 11.7. The van der Waals surface area contributed by atoms with Gasteiger partial charge in [0.15, 0.2) is 5.96 Å². The Morgan fingerprint density at radius 3 is 2.54 bits per heavy atom. The first-order valence-corrected chi connectivity index (χ1v) is 8.83. The molecule has 1 heterocycles. The molecule has 0 atom stereocenters. The number of methoxy groups -OCH3 is 1. The molecule has 1 aromatic heterocycles. The number of ether oxygens (including phenoxy) is 2. The first-order chi connectivity index (χ1) is 13.0. The highest BCUT2D eigenvalue weighted by molar-refractivity contribution is 14.0. The van der Waals surface area contributed by atoms with Gasteiger partial charge in [0.05, 0.1) is 20.3 Å². The SMILES string of the molecule is CCOc1cc(C)ccc1CNC(=NC)NCc1cc(C(=O)OC)c(C)o1.I. The minimum atomic E-state index is -0.409. The quantitative estimate of drug-likeness (QED) is 0.261. The van der Waals surface area contributed by atoms with E-state index in [1.165, 1.54) is 7.11 Å². The number of aliphatic imine (C=N–C) groups is 1. The fourth-order valence-corrected chi connectivity index (χ4v) is 2.61. The summed E-state index contributed by atoms with van der Waals surface area (Å²) in [7, 11) is 3.04. The molecule has 0 spiro atoms. The van der Waals surface area contributed by atoms with Gasteiger partial charge in [0, 0.05) is 19.2 Å². The lowest BCUT2D eigenvalue weighted by molar-refractivity contribution is 0.0599. The average molecular weight is 501 g/mol. The first kappa shape index (κ1) is 23.8. The summed E-state index contributed by atoms with van der Waals surface area (Å²) in [5.41, 5.74) is 2.63. The van der Waals surface area contributed by atoms with Crippen molar-refractivity contribution in [2.45, 2.75) is 33.9 Å². The smallest absolute Gasteiger partial charge is 0.341 e. The zero-order valence-electron chi connectivity index (χ0n) is 16.9. The Kier molecular flexibility index (Phi) is 9.84. The van der Waals surface area contributed by atoms with E-state index >= 15 is 0 Å². The third-order valence-electron chi connectivity index (χ3n) is 4.00. The van der Waals surface area contributed by atoms with Crippen LogP contribution in [-0.4, -0.2) is 32.7 Å². The number of nitrogens with one attached hydrogen (secondary N) is 2. The first-order valence-electron chi connectivity index (χ1n) is 8.83. The summed E-state index contributed by atoms with van der Waals surface area (Å²) < 4.78 is 16.0. The van der Waals surface area contributed by atoms with Crippen LogP contribution in [0.25, 0.3) is 0 Å². The summed E-state index contributed by atoms with van der Waals surface area (Å²) in [6, 6.07) is 7.79. The number of nitrogens with zero attached hydrogens (tertiary/aromatic N) is 1. The summed E-state index contributed by atoms with van der Waals surface area (Å²) in [5.74, 6) is 2.23. The second-order valence-corrected chi connectivity index (χ2v) is 6.00. The number of aryl methyl sites for hydroxylation is 2. The predicted molar refractivity (Wildman–Crippen MR) is 120 cm³/mol. The molecule has 0 saturated carbocycles. The van der Waals surface area contributed by atoms with Gasteiger partial charge in [-0.2, -0.15) is 0 Å². The third kappa shape index (κ3) is 6.43. The molecule has 0 amide bonds. The van der Waals surface area contributed by atoms with Crippen LogP contribution in [0.2, 0.25) is 0 Å². The van der Waals surface area contributed by atoms with Crippen LogP contribution in [0, 0.1) is 13.8 Å². The molecule has 1 aromatic carbocycles. The van der Waals surface area contributed by atoms with E-state index in [9.17, 15) is 4.79 Å². The zero-order valence-corrected chi connectivity index (χ0v) is 19.2. The second-order valence-electron chi connectivity index (χ2n) is 6.00. The Balaban J connectivity index is 0.00000392. The molecule has 0 saturated heterocycles. The molecule has 2 rings (SSSR count). The van der Waals surface area contributed by atoms with Gasteiger partial charge in [-0.25, -0.2) is 4.79 Å². The van der Waals surface area contributed by atoms with Crippen LogP contribution in [0.15, 0.2) is 33.7 Å². The van der Waals surface area contributed by atoms with Crippen molar-refractivity contribution >= 4 is 35.9 Å². The van der Waals surface area contributed by atoms with Gasteiger partial charge in [0.1, 0.15) is 22.8 Å². The molecule has 8 heteroatoms. The number of esters is 1. The molecule has 2 aromatic rings. The van der Waals surface area contributed by atoms with Crippen LogP contribution in [0.4, 0.5) is 0 Å². The van der Waals surface area contributed by atoms with Gasteiger partial charge in [-0.3, -0.25) is 4.99 Å². The van der Waals surface area contributed by atoms with E-state index < -0.39 is 5.97 Å². The molecule has 0 aliphatic carbocycles. The van der Waals surface area contributed by atoms with E-state index in [0.717, 1.165) is 16.9 Å². The van der Waals surface area contributed by atoms with Gasteiger partial charge >= 0.3 is 5.97 Å². The topological polar surface area (TPSA) is 85.1 Å². The van der Waals surface area contributed by atoms with Gasteiger partial charge in [0.25, 0.3) is 0 Å². The molecule has 2 N–H and O–H groups in total. The molecule has 154 valence electrons. The van der Waals surface area contributed by atoms with E-state index in [0.29, 0.717) is 42.7 Å². The number of carbonyl (C=O) groups excluding carboxylic acids is 1. The fraction of sp³-hybridized carbons (Fsp3) is 0.400. The lowest BCUT2D eigenvalue weighted by Gasteiger charge is -2.14. The van der Waals surface area contributed by atoms with E-state index in [-0.39, 0.29) is 24.0 Å². The Labute approximate surface area is 182 Å². The van der Waals surface area contributed by atoms with Crippen molar-refractivity contribution in [2.75, 3.05) is 20.8 Å². The normalized spacial score (nSPS) is 10.8. The molecule has 0 bridgehead atoms. The zero-order chi connectivity index (χ0) is 19.8. The average Bonchev–Trinajstić information content (AvgIpc) is 3.03. The van der Waals surface area contributed by atoms with Crippen LogP contribution in [-0.2, 0) is 17.8 Å². The van der Waals surface area contributed by atoms with Gasteiger partial charge in [-0.1, -0.05) is 12.1 Å². The predicted octanol–water partition coefficient (Wildman–Crippen LogP) is 3.56. The monoisotopic (exact) mass is 501 g/mol. The van der Waals surface area contributed by atoms with Gasteiger partial charge in [-0.15, -0.1) is 24.0 Å². The number of rotatable bonds is 7. The van der Waals surface area contributed by atoms with Crippen molar-refractivity contribution in [3.63, 3.8) is 0 Å². The minimum Gasteiger partial charge on any atom is -0.494 e. The summed E-state index contributed by atoms with van der Waals surface area (Å²) in [6.07, 6.45) is 0. The fourth-order valence-electron chi connectivity index (χ4n) is 2.61. The molecule has 0 unspecified atom stereocenters. The van der Waals surface area contributed by atoms with E-state index in [1.807, 2.05) is 26.0 Å². The standard InChI is InChI=1S/C20H27N3O4.HI/c1-6-26-18-9-13(2)7-8-15(18)11-22-20(21-4)23-12-16-10-17(14(3)27-16)19(24)25-5;/h7-10H,6,11-12H2,1-5H3,(H2,21,22,23);1H. The van der Waals surface area contributed by atoms with Crippen LogP contribution >= 0.6 is 24.0 Å². The highest BCUT2D eigenvalue weighted by Crippen LogP contribution is 2.20. The summed E-state index contributed by atoms with van der Waals surface area (Å²) in [6.45, 7) is 7.31. The van der Waals surface area contributed by atoms with Crippen molar-refractivity contribution in [1.82, 2.24) is 10.6 Å². The molecule has 0 fully saturated rings. The third-order valence-corrected chi connectivity index (χ3v) is 4.00. The molecule has 0 aliphatic rings. The molecule has 7 nitrogen and oxygen atoms in total. The van der Waals surface area contributed by atoms with Crippen molar-refractivity contribution < 1.29 is 18.7 Å². The number of benzene rings is 1. The number of halogens is 1. The van der Waals surface area contributed by atoms with Crippen LogP contribution in [0.5, 0.6) is 5.75 Å². The Bertz CT molecular complexity index is 818. The van der Waals surface area contributed by atoms with E-state index in [4.69, 9.17) is 13.9 Å². The van der Waals surface area contributed by atoms with Crippen molar-refractivity contribution in [3.8, 4) is 5.75 Å². The molecular weight excluding hydrogens is 473 g/mol. The number of hydrogen-bond acceptors (Lipinski definition) is 5.